The lowest BCUT2D eigenvalue weighted by Crippen LogP contribution is -2.41. The second-order valence-corrected chi connectivity index (χ2v) is 8.22. The molecule has 0 saturated carbocycles. The van der Waals surface area contributed by atoms with E-state index in [4.69, 9.17) is 14.2 Å². The zero-order valence-electron chi connectivity index (χ0n) is 16.5. The number of ether oxygens (including phenoxy) is 3. The molecule has 1 saturated heterocycles. The fraction of sp³-hybridized carbons (Fsp3) is 0.619. The standard InChI is InChI=1S/C21H26O7/c1-11(2)12-5-6-13-7-14(27-19(13)24)9-21(3)10-16(23)18(28-21)17(15(22)8-12)20(25)26-4/h7,12,14,17-18H,1,5-6,8-10H2,2-4H3. The van der Waals surface area contributed by atoms with Crippen molar-refractivity contribution in [2.45, 2.75) is 63.8 Å². The number of methoxy groups -OCH3 is 1. The summed E-state index contributed by atoms with van der Waals surface area (Å²) in [5.74, 6) is -3.37. The molecule has 7 heteroatoms. The first-order valence-electron chi connectivity index (χ1n) is 9.51. The number of hydrogen-bond acceptors (Lipinski definition) is 7. The molecule has 5 unspecified atom stereocenters. The van der Waals surface area contributed by atoms with E-state index in [1.54, 1.807) is 13.0 Å². The van der Waals surface area contributed by atoms with Crippen molar-refractivity contribution in [3.05, 3.63) is 23.8 Å². The van der Waals surface area contributed by atoms with E-state index in [-0.39, 0.29) is 36.9 Å². The van der Waals surface area contributed by atoms with Crippen molar-refractivity contribution in [3.63, 3.8) is 0 Å². The van der Waals surface area contributed by atoms with Crippen LogP contribution in [-0.4, -0.2) is 48.4 Å². The molecular weight excluding hydrogens is 364 g/mol. The van der Waals surface area contributed by atoms with Gasteiger partial charge in [-0.25, -0.2) is 4.79 Å². The molecule has 7 nitrogen and oxygen atoms in total. The lowest BCUT2D eigenvalue weighted by molar-refractivity contribution is -0.161. The van der Waals surface area contributed by atoms with Gasteiger partial charge in [0.15, 0.2) is 11.6 Å². The Balaban J connectivity index is 1.98. The molecule has 0 N–H and O–H groups in total. The summed E-state index contributed by atoms with van der Waals surface area (Å²) in [6, 6.07) is 0. The van der Waals surface area contributed by atoms with Crippen LogP contribution in [0.1, 0.15) is 46.0 Å². The van der Waals surface area contributed by atoms with Gasteiger partial charge in [0.2, 0.25) is 0 Å². The summed E-state index contributed by atoms with van der Waals surface area (Å²) in [5, 5.41) is 0. The Kier molecular flexibility index (Phi) is 5.57. The smallest absolute Gasteiger partial charge is 0.334 e. The molecule has 3 heterocycles. The minimum atomic E-state index is -1.29. The SMILES string of the molecule is C=C(C)C1CCC2=CC(CC3(C)CC(=O)C(O3)C(C(=O)OC)C(=O)C1)OC2=O. The Labute approximate surface area is 164 Å². The fourth-order valence-electron chi connectivity index (χ4n) is 4.28. The number of carbonyl (C=O) groups is 4. The van der Waals surface area contributed by atoms with Crippen LogP contribution in [-0.2, 0) is 33.4 Å². The van der Waals surface area contributed by atoms with Gasteiger partial charge in [-0.2, -0.15) is 0 Å². The van der Waals surface area contributed by atoms with Crippen LogP contribution in [0.5, 0.6) is 0 Å². The Morgan fingerprint density at radius 3 is 2.64 bits per heavy atom. The summed E-state index contributed by atoms with van der Waals surface area (Å²) in [6.45, 7) is 7.48. The van der Waals surface area contributed by atoms with Crippen LogP contribution in [0.4, 0.5) is 0 Å². The predicted octanol–water partition coefficient (Wildman–Crippen LogP) is 2.08. The monoisotopic (exact) mass is 390 g/mol. The number of allylic oxidation sites excluding steroid dienone is 1. The van der Waals surface area contributed by atoms with Gasteiger partial charge < -0.3 is 14.2 Å². The number of rotatable bonds is 2. The largest absolute Gasteiger partial charge is 0.468 e. The molecule has 4 bridgehead atoms. The average Bonchev–Trinajstić information content (AvgIpc) is 3.09. The molecule has 152 valence electrons. The summed E-state index contributed by atoms with van der Waals surface area (Å²) in [4.78, 5) is 50.2. The normalized spacial score (nSPS) is 36.0. The molecule has 0 aromatic carbocycles. The number of carbonyl (C=O) groups excluding carboxylic acids is 4. The van der Waals surface area contributed by atoms with Crippen LogP contribution in [0.15, 0.2) is 23.8 Å². The van der Waals surface area contributed by atoms with Gasteiger partial charge in [-0.15, -0.1) is 0 Å². The summed E-state index contributed by atoms with van der Waals surface area (Å²) in [7, 11) is 1.19. The predicted molar refractivity (Wildman–Crippen MR) is 98.2 cm³/mol. The van der Waals surface area contributed by atoms with Crippen molar-refractivity contribution >= 4 is 23.5 Å². The Morgan fingerprint density at radius 1 is 1.29 bits per heavy atom. The van der Waals surface area contributed by atoms with Crippen molar-refractivity contribution in [3.8, 4) is 0 Å². The maximum Gasteiger partial charge on any atom is 0.334 e. The molecule has 0 aliphatic carbocycles. The number of fused-ring (bicyclic) bond motifs is 3. The van der Waals surface area contributed by atoms with E-state index >= 15 is 0 Å². The van der Waals surface area contributed by atoms with Gasteiger partial charge in [0.25, 0.3) is 0 Å². The first kappa shape index (κ1) is 20.5. The first-order chi connectivity index (χ1) is 13.1. The Bertz CT molecular complexity index is 765. The number of hydrogen-bond donors (Lipinski definition) is 0. The van der Waals surface area contributed by atoms with Crippen LogP contribution in [0.25, 0.3) is 0 Å². The zero-order valence-corrected chi connectivity index (χ0v) is 16.5. The van der Waals surface area contributed by atoms with Gasteiger partial charge in [-0.1, -0.05) is 12.2 Å². The van der Waals surface area contributed by atoms with Gasteiger partial charge in [0.1, 0.15) is 18.1 Å². The molecule has 3 aliphatic heterocycles. The minimum absolute atomic E-state index is 0.0325. The quantitative estimate of drug-likeness (QED) is 0.405. The number of Topliss-reactive ketones (excluding diaryl/α,β-unsaturated/α-hetero) is 2. The number of esters is 2. The fourth-order valence-corrected chi connectivity index (χ4v) is 4.28. The van der Waals surface area contributed by atoms with E-state index in [9.17, 15) is 19.2 Å². The van der Waals surface area contributed by atoms with Crippen molar-refractivity contribution in [2.24, 2.45) is 11.8 Å². The van der Waals surface area contributed by atoms with E-state index < -0.39 is 35.5 Å². The third-order valence-corrected chi connectivity index (χ3v) is 5.83. The van der Waals surface area contributed by atoms with Crippen LogP contribution in [0, 0.1) is 11.8 Å². The highest BCUT2D eigenvalue weighted by Gasteiger charge is 2.52. The van der Waals surface area contributed by atoms with Crippen LogP contribution in [0.2, 0.25) is 0 Å². The maximum atomic E-state index is 13.0. The molecule has 0 amide bonds. The van der Waals surface area contributed by atoms with E-state index in [1.807, 2.05) is 6.92 Å². The lowest BCUT2D eigenvalue weighted by Gasteiger charge is -2.28. The van der Waals surface area contributed by atoms with Crippen LogP contribution in [0.3, 0.4) is 0 Å². The molecule has 0 aromatic heterocycles. The van der Waals surface area contributed by atoms with Crippen LogP contribution >= 0.6 is 0 Å². The summed E-state index contributed by atoms with van der Waals surface area (Å²) < 4.78 is 16.2. The summed E-state index contributed by atoms with van der Waals surface area (Å²) in [5.41, 5.74) is 0.420. The highest BCUT2D eigenvalue weighted by molar-refractivity contribution is 6.05. The third-order valence-electron chi connectivity index (χ3n) is 5.83. The Morgan fingerprint density at radius 2 is 2.00 bits per heavy atom. The van der Waals surface area contributed by atoms with E-state index in [2.05, 4.69) is 6.58 Å². The second kappa shape index (κ2) is 7.62. The third kappa shape index (κ3) is 3.94. The van der Waals surface area contributed by atoms with Crippen molar-refractivity contribution in [1.82, 2.24) is 0 Å². The van der Waals surface area contributed by atoms with Crippen molar-refractivity contribution < 1.29 is 33.4 Å². The first-order valence-corrected chi connectivity index (χ1v) is 9.51. The van der Waals surface area contributed by atoms with E-state index in [1.165, 1.54) is 7.11 Å². The molecule has 0 spiro atoms. The van der Waals surface area contributed by atoms with Gasteiger partial charge in [0.05, 0.1) is 12.7 Å². The van der Waals surface area contributed by atoms with E-state index in [0.717, 1.165) is 5.57 Å². The molecule has 28 heavy (non-hydrogen) atoms. The Hall–Kier alpha value is -2.28. The topological polar surface area (TPSA) is 96.0 Å². The molecular formula is C21H26O7. The van der Waals surface area contributed by atoms with Gasteiger partial charge in [-0.3, -0.25) is 14.4 Å². The molecule has 0 aromatic rings. The minimum Gasteiger partial charge on any atom is -0.468 e. The molecule has 3 rings (SSSR count). The highest BCUT2D eigenvalue weighted by Crippen LogP contribution is 2.39. The molecule has 1 fully saturated rings. The molecule has 0 radical (unpaired) electrons. The van der Waals surface area contributed by atoms with E-state index in [0.29, 0.717) is 18.4 Å². The summed E-state index contributed by atoms with van der Waals surface area (Å²) >= 11 is 0. The van der Waals surface area contributed by atoms with Gasteiger partial charge in [0, 0.05) is 24.8 Å². The van der Waals surface area contributed by atoms with Crippen LogP contribution < -0.4 is 0 Å². The highest BCUT2D eigenvalue weighted by atomic mass is 16.6. The number of ketones is 2. The van der Waals surface area contributed by atoms with Gasteiger partial charge >= 0.3 is 11.9 Å². The maximum absolute atomic E-state index is 13.0. The molecule has 3 aliphatic rings. The summed E-state index contributed by atoms with van der Waals surface area (Å²) in [6.07, 6.45) is 1.46. The van der Waals surface area contributed by atoms with Gasteiger partial charge in [-0.05, 0) is 38.7 Å². The lowest BCUT2D eigenvalue weighted by atomic mass is 9.83. The average molecular weight is 390 g/mol. The van der Waals surface area contributed by atoms with Crippen molar-refractivity contribution in [2.75, 3.05) is 7.11 Å². The molecule has 5 atom stereocenters. The van der Waals surface area contributed by atoms with Crippen molar-refractivity contribution in [1.29, 1.82) is 0 Å². The second-order valence-electron chi connectivity index (χ2n) is 8.22. The zero-order chi connectivity index (χ0) is 20.6.